The summed E-state index contributed by atoms with van der Waals surface area (Å²) in [5, 5.41) is 0. The Morgan fingerprint density at radius 3 is 2.28 bits per heavy atom. The first-order valence-electron chi connectivity index (χ1n) is 9.80. The molecule has 1 fully saturated rings. The van der Waals surface area contributed by atoms with Crippen LogP contribution < -0.4 is 4.90 Å². The zero-order valence-corrected chi connectivity index (χ0v) is 17.8. The number of hydrogen-bond donors (Lipinski definition) is 0. The molecule has 156 valence electrons. The zero-order chi connectivity index (χ0) is 20.9. The Hall–Kier alpha value is -2.38. The normalized spacial score (nSPS) is 14.6. The smallest absolute Gasteiger partial charge is 0.223 e. The predicted molar refractivity (Wildman–Crippen MR) is 114 cm³/mol. The van der Waals surface area contributed by atoms with Crippen molar-refractivity contribution in [2.75, 3.05) is 44.0 Å². The highest BCUT2D eigenvalue weighted by atomic mass is 32.2. The van der Waals surface area contributed by atoms with Crippen molar-refractivity contribution in [2.45, 2.75) is 24.8 Å². The fourth-order valence-electron chi connectivity index (χ4n) is 3.27. The standard InChI is InChI=1S/C22H28N2O4S/c1-18-3-9-21(10-4-18)29(26,27)16-11-22(25)23(2)17-19-5-7-20(8-6-19)24-12-14-28-15-13-24/h3-10H,11-17H2,1-2H3. The highest BCUT2D eigenvalue weighted by Crippen LogP contribution is 2.18. The van der Waals surface area contributed by atoms with Gasteiger partial charge in [-0.15, -0.1) is 0 Å². The SMILES string of the molecule is Cc1ccc(S(=O)(=O)CCC(=O)N(C)Cc2ccc(N3CCOCC3)cc2)cc1. The van der Waals surface area contributed by atoms with Crippen LogP contribution in [-0.4, -0.2) is 58.3 Å². The molecule has 0 atom stereocenters. The van der Waals surface area contributed by atoms with E-state index in [1.54, 1.807) is 36.2 Å². The number of carbonyl (C=O) groups is 1. The number of carbonyl (C=O) groups excluding carboxylic acids is 1. The molecule has 1 aliphatic heterocycles. The van der Waals surface area contributed by atoms with E-state index >= 15 is 0 Å². The number of anilines is 1. The summed E-state index contributed by atoms with van der Waals surface area (Å²) in [5.41, 5.74) is 3.16. The van der Waals surface area contributed by atoms with Gasteiger partial charge < -0.3 is 14.5 Å². The van der Waals surface area contributed by atoms with Gasteiger partial charge in [-0.05, 0) is 36.8 Å². The van der Waals surface area contributed by atoms with Gasteiger partial charge in [0.15, 0.2) is 9.84 Å². The third kappa shape index (κ3) is 5.81. The summed E-state index contributed by atoms with van der Waals surface area (Å²) < 4.78 is 30.2. The van der Waals surface area contributed by atoms with Gasteiger partial charge >= 0.3 is 0 Å². The number of morpholine rings is 1. The van der Waals surface area contributed by atoms with Crippen LogP contribution in [0.25, 0.3) is 0 Å². The van der Waals surface area contributed by atoms with Gasteiger partial charge in [0, 0.05) is 38.8 Å². The molecule has 6 nitrogen and oxygen atoms in total. The Morgan fingerprint density at radius 1 is 1.03 bits per heavy atom. The Morgan fingerprint density at radius 2 is 1.66 bits per heavy atom. The van der Waals surface area contributed by atoms with Crippen LogP contribution in [0.3, 0.4) is 0 Å². The average molecular weight is 417 g/mol. The van der Waals surface area contributed by atoms with Gasteiger partial charge in [0.2, 0.25) is 5.91 Å². The number of amides is 1. The Balaban J connectivity index is 1.52. The van der Waals surface area contributed by atoms with Gasteiger partial charge in [-0.2, -0.15) is 0 Å². The molecule has 0 saturated carbocycles. The van der Waals surface area contributed by atoms with Crippen molar-refractivity contribution in [1.82, 2.24) is 4.90 Å². The molecule has 1 amide bonds. The maximum atomic E-state index is 12.4. The molecule has 1 saturated heterocycles. The lowest BCUT2D eigenvalue weighted by atomic mass is 10.1. The van der Waals surface area contributed by atoms with Crippen molar-refractivity contribution in [3.05, 3.63) is 59.7 Å². The van der Waals surface area contributed by atoms with Gasteiger partial charge in [0.25, 0.3) is 0 Å². The summed E-state index contributed by atoms with van der Waals surface area (Å²) in [7, 11) is -1.75. The van der Waals surface area contributed by atoms with E-state index in [4.69, 9.17) is 4.74 Å². The van der Waals surface area contributed by atoms with Crippen LogP contribution in [0, 0.1) is 6.92 Å². The first-order valence-corrected chi connectivity index (χ1v) is 11.5. The summed E-state index contributed by atoms with van der Waals surface area (Å²) in [6, 6.07) is 14.9. The molecule has 2 aromatic rings. The second kappa shape index (κ2) is 9.41. The van der Waals surface area contributed by atoms with Crippen LogP contribution in [0.2, 0.25) is 0 Å². The highest BCUT2D eigenvalue weighted by molar-refractivity contribution is 7.91. The number of aryl methyl sites for hydroxylation is 1. The van der Waals surface area contributed by atoms with Crippen molar-refractivity contribution >= 4 is 21.4 Å². The monoisotopic (exact) mass is 416 g/mol. The van der Waals surface area contributed by atoms with E-state index in [2.05, 4.69) is 17.0 Å². The Bertz CT molecular complexity index is 918. The maximum Gasteiger partial charge on any atom is 0.223 e. The largest absolute Gasteiger partial charge is 0.378 e. The highest BCUT2D eigenvalue weighted by Gasteiger charge is 2.18. The quantitative estimate of drug-likeness (QED) is 0.694. The molecule has 0 radical (unpaired) electrons. The van der Waals surface area contributed by atoms with E-state index in [-0.39, 0.29) is 23.0 Å². The molecule has 0 unspecified atom stereocenters. The topological polar surface area (TPSA) is 66.9 Å². The minimum Gasteiger partial charge on any atom is -0.378 e. The lowest BCUT2D eigenvalue weighted by Crippen LogP contribution is -2.36. The molecule has 7 heteroatoms. The van der Waals surface area contributed by atoms with Crippen LogP contribution in [-0.2, 0) is 25.9 Å². The van der Waals surface area contributed by atoms with Crippen LogP contribution in [0.4, 0.5) is 5.69 Å². The van der Waals surface area contributed by atoms with Crippen LogP contribution >= 0.6 is 0 Å². The van der Waals surface area contributed by atoms with Gasteiger partial charge in [-0.1, -0.05) is 29.8 Å². The number of nitrogens with zero attached hydrogens (tertiary/aromatic N) is 2. The molecule has 0 spiro atoms. The molecule has 0 bridgehead atoms. The van der Waals surface area contributed by atoms with Gasteiger partial charge in [0.1, 0.15) is 0 Å². The predicted octanol–water partition coefficient (Wildman–Crippen LogP) is 2.65. The lowest BCUT2D eigenvalue weighted by Gasteiger charge is -2.29. The average Bonchev–Trinajstić information content (AvgIpc) is 2.73. The number of benzene rings is 2. The van der Waals surface area contributed by atoms with Gasteiger partial charge in [-0.25, -0.2) is 8.42 Å². The summed E-state index contributed by atoms with van der Waals surface area (Å²) in [4.78, 5) is 16.5. The summed E-state index contributed by atoms with van der Waals surface area (Å²) >= 11 is 0. The van der Waals surface area contributed by atoms with Crippen molar-refractivity contribution < 1.29 is 17.9 Å². The molecule has 0 aliphatic carbocycles. The van der Waals surface area contributed by atoms with E-state index in [1.807, 2.05) is 19.1 Å². The molecule has 29 heavy (non-hydrogen) atoms. The maximum absolute atomic E-state index is 12.4. The first kappa shape index (κ1) is 21.3. The van der Waals surface area contributed by atoms with E-state index in [1.165, 1.54) is 0 Å². The van der Waals surface area contributed by atoms with Crippen LogP contribution in [0.1, 0.15) is 17.5 Å². The Kier molecular flexibility index (Phi) is 6.92. The van der Waals surface area contributed by atoms with E-state index in [0.29, 0.717) is 6.54 Å². The van der Waals surface area contributed by atoms with Crippen LogP contribution in [0.5, 0.6) is 0 Å². The second-order valence-corrected chi connectivity index (χ2v) is 9.51. The van der Waals surface area contributed by atoms with Crippen LogP contribution in [0.15, 0.2) is 53.4 Å². The van der Waals surface area contributed by atoms with E-state index in [9.17, 15) is 13.2 Å². The van der Waals surface area contributed by atoms with E-state index in [0.717, 1.165) is 43.1 Å². The third-order valence-electron chi connectivity index (χ3n) is 5.12. The first-order chi connectivity index (χ1) is 13.8. The van der Waals surface area contributed by atoms with Gasteiger partial charge in [-0.3, -0.25) is 4.79 Å². The Labute approximate surface area is 173 Å². The summed E-state index contributed by atoms with van der Waals surface area (Å²) in [6.07, 6.45) is -0.0292. The molecule has 1 aliphatic rings. The third-order valence-corrected chi connectivity index (χ3v) is 6.85. The summed E-state index contributed by atoms with van der Waals surface area (Å²) in [5.74, 6) is -0.368. The van der Waals surface area contributed by atoms with Crippen molar-refractivity contribution in [3.63, 3.8) is 0 Å². The fourth-order valence-corrected chi connectivity index (χ4v) is 4.50. The zero-order valence-electron chi connectivity index (χ0n) is 17.0. The van der Waals surface area contributed by atoms with Crippen molar-refractivity contribution in [2.24, 2.45) is 0 Å². The number of sulfone groups is 1. The van der Waals surface area contributed by atoms with Crippen molar-refractivity contribution in [1.29, 1.82) is 0 Å². The molecular formula is C22H28N2O4S. The van der Waals surface area contributed by atoms with E-state index < -0.39 is 9.84 Å². The molecular weight excluding hydrogens is 388 g/mol. The molecule has 0 N–H and O–H groups in total. The molecule has 0 aromatic heterocycles. The number of ether oxygens (including phenoxy) is 1. The van der Waals surface area contributed by atoms with Crippen molar-refractivity contribution in [3.8, 4) is 0 Å². The fraction of sp³-hybridized carbons (Fsp3) is 0.409. The molecule has 2 aromatic carbocycles. The summed E-state index contributed by atoms with van der Waals surface area (Å²) in [6.45, 7) is 5.60. The number of hydrogen-bond acceptors (Lipinski definition) is 5. The minimum atomic E-state index is -3.46. The minimum absolute atomic E-state index is 0.0292. The number of rotatable bonds is 7. The lowest BCUT2D eigenvalue weighted by molar-refractivity contribution is -0.130. The molecule has 3 rings (SSSR count). The van der Waals surface area contributed by atoms with Gasteiger partial charge in [0.05, 0.1) is 23.9 Å². The molecule has 1 heterocycles. The second-order valence-electron chi connectivity index (χ2n) is 7.40.